The fraction of sp³-hybridized carbons (Fsp3) is 0.875. The molecule has 0 saturated heterocycles. The van der Waals surface area contributed by atoms with Crippen LogP contribution in [0.5, 0.6) is 0 Å². The van der Waals surface area contributed by atoms with Gasteiger partial charge in [0.1, 0.15) is 0 Å². The highest BCUT2D eigenvalue weighted by Crippen LogP contribution is 2.49. The molecule has 0 radical (unpaired) electrons. The average Bonchev–Trinajstić information content (AvgIpc) is 2.37. The van der Waals surface area contributed by atoms with Gasteiger partial charge in [-0.3, -0.25) is 9.59 Å². The molecule has 3 aliphatic rings. The lowest BCUT2D eigenvalue weighted by atomic mass is 9.58. The van der Waals surface area contributed by atoms with Crippen molar-refractivity contribution in [2.75, 3.05) is 0 Å². The Morgan fingerprint density at radius 2 is 1.05 bits per heavy atom. The first-order valence-electron chi connectivity index (χ1n) is 8.01. The molecule has 2 N–H and O–H groups in total. The van der Waals surface area contributed by atoms with Crippen LogP contribution < -0.4 is 10.6 Å². The molecule has 3 saturated carbocycles. The summed E-state index contributed by atoms with van der Waals surface area (Å²) in [6, 6.07) is 0.272. The van der Waals surface area contributed by atoms with Gasteiger partial charge in [-0.25, -0.2) is 0 Å². The van der Waals surface area contributed by atoms with Gasteiger partial charge in [-0.1, -0.05) is 0 Å². The van der Waals surface area contributed by atoms with Gasteiger partial charge in [-0.05, 0) is 65.2 Å². The second kappa shape index (κ2) is 6.15. The first kappa shape index (κ1) is 15.3. The van der Waals surface area contributed by atoms with Crippen LogP contribution in [0.15, 0.2) is 0 Å². The molecule has 0 aromatic heterocycles. The minimum atomic E-state index is -0.122. The SMILES string of the molecule is CC(C)NC(=O)C1C2CCC(CC2)C1C(=O)NC(C)C. The van der Waals surface area contributed by atoms with Crippen molar-refractivity contribution in [1.82, 2.24) is 10.6 Å². The Hall–Kier alpha value is -1.06. The fourth-order valence-corrected chi connectivity index (χ4v) is 3.97. The number of fused-ring (bicyclic) bond motifs is 3. The van der Waals surface area contributed by atoms with E-state index in [1.54, 1.807) is 0 Å². The van der Waals surface area contributed by atoms with Gasteiger partial charge in [-0.2, -0.15) is 0 Å². The van der Waals surface area contributed by atoms with E-state index in [1.807, 2.05) is 27.7 Å². The molecule has 2 bridgehead atoms. The lowest BCUT2D eigenvalue weighted by molar-refractivity contribution is -0.146. The van der Waals surface area contributed by atoms with Crippen LogP contribution in [0.4, 0.5) is 0 Å². The normalized spacial score (nSPS) is 32.5. The van der Waals surface area contributed by atoms with Crippen molar-refractivity contribution >= 4 is 11.8 Å². The quantitative estimate of drug-likeness (QED) is 0.828. The maximum Gasteiger partial charge on any atom is 0.224 e. The zero-order chi connectivity index (χ0) is 14.9. The molecular weight excluding hydrogens is 252 g/mol. The molecule has 20 heavy (non-hydrogen) atoms. The van der Waals surface area contributed by atoms with Crippen molar-refractivity contribution in [2.24, 2.45) is 23.7 Å². The van der Waals surface area contributed by atoms with Crippen LogP contribution in [-0.4, -0.2) is 23.9 Å². The van der Waals surface area contributed by atoms with E-state index in [0.29, 0.717) is 11.8 Å². The van der Waals surface area contributed by atoms with E-state index in [0.717, 1.165) is 25.7 Å². The summed E-state index contributed by atoms with van der Waals surface area (Å²) in [5, 5.41) is 6.03. The predicted octanol–water partition coefficient (Wildman–Crippen LogP) is 2.09. The number of amides is 2. The first-order chi connectivity index (χ1) is 9.40. The molecule has 2 unspecified atom stereocenters. The van der Waals surface area contributed by atoms with Crippen LogP contribution in [-0.2, 0) is 9.59 Å². The van der Waals surface area contributed by atoms with Gasteiger partial charge >= 0.3 is 0 Å². The smallest absolute Gasteiger partial charge is 0.224 e. The summed E-state index contributed by atoms with van der Waals surface area (Å²) in [4.78, 5) is 25.0. The number of rotatable bonds is 4. The molecular formula is C16H28N2O2. The predicted molar refractivity (Wildman–Crippen MR) is 79.0 cm³/mol. The summed E-state index contributed by atoms with van der Waals surface area (Å²) < 4.78 is 0. The van der Waals surface area contributed by atoms with Crippen molar-refractivity contribution in [1.29, 1.82) is 0 Å². The average molecular weight is 280 g/mol. The Morgan fingerprint density at radius 3 is 1.30 bits per heavy atom. The number of hydrogen-bond acceptors (Lipinski definition) is 2. The number of carbonyl (C=O) groups is 2. The van der Waals surface area contributed by atoms with E-state index in [-0.39, 0.29) is 35.7 Å². The molecule has 4 heteroatoms. The molecule has 2 amide bonds. The molecule has 0 spiro atoms. The Morgan fingerprint density at radius 1 is 0.750 bits per heavy atom. The highest BCUT2D eigenvalue weighted by atomic mass is 16.2. The number of nitrogens with one attached hydrogen (secondary N) is 2. The summed E-state index contributed by atoms with van der Waals surface area (Å²) in [6.45, 7) is 7.90. The van der Waals surface area contributed by atoms with Crippen LogP contribution in [0.25, 0.3) is 0 Å². The minimum absolute atomic E-state index is 0.0818. The Kier molecular flexibility index (Phi) is 4.71. The van der Waals surface area contributed by atoms with E-state index >= 15 is 0 Å². The lowest BCUT2D eigenvalue weighted by Crippen LogP contribution is -2.54. The van der Waals surface area contributed by atoms with E-state index in [1.165, 1.54) is 0 Å². The lowest BCUT2D eigenvalue weighted by Gasteiger charge is -2.47. The fourth-order valence-electron chi connectivity index (χ4n) is 3.97. The Balaban J connectivity index is 2.16. The largest absolute Gasteiger partial charge is 0.354 e. The minimum Gasteiger partial charge on any atom is -0.354 e. The number of carbonyl (C=O) groups excluding carboxylic acids is 2. The topological polar surface area (TPSA) is 58.2 Å². The van der Waals surface area contributed by atoms with E-state index in [2.05, 4.69) is 10.6 Å². The summed E-state index contributed by atoms with van der Waals surface area (Å²) in [7, 11) is 0. The van der Waals surface area contributed by atoms with Crippen molar-refractivity contribution in [3.8, 4) is 0 Å². The van der Waals surface area contributed by atoms with Crippen molar-refractivity contribution in [2.45, 2.75) is 65.5 Å². The summed E-state index contributed by atoms with van der Waals surface area (Å²) >= 11 is 0. The molecule has 0 aromatic rings. The van der Waals surface area contributed by atoms with Gasteiger partial charge in [0.15, 0.2) is 0 Å². The highest BCUT2D eigenvalue weighted by molar-refractivity contribution is 5.88. The van der Waals surface area contributed by atoms with Gasteiger partial charge < -0.3 is 10.6 Å². The molecule has 3 rings (SSSR count). The maximum atomic E-state index is 12.5. The van der Waals surface area contributed by atoms with E-state index < -0.39 is 0 Å². The zero-order valence-electron chi connectivity index (χ0n) is 13.1. The number of hydrogen-bond donors (Lipinski definition) is 2. The van der Waals surface area contributed by atoms with E-state index in [4.69, 9.17) is 0 Å². The monoisotopic (exact) mass is 280 g/mol. The van der Waals surface area contributed by atoms with Gasteiger partial charge in [0, 0.05) is 12.1 Å². The van der Waals surface area contributed by atoms with Crippen molar-refractivity contribution in [3.05, 3.63) is 0 Å². The molecule has 0 aromatic carbocycles. The third-order valence-corrected chi connectivity index (χ3v) is 4.69. The van der Waals surface area contributed by atoms with Crippen LogP contribution in [0.3, 0.4) is 0 Å². The van der Waals surface area contributed by atoms with Gasteiger partial charge in [0.05, 0.1) is 11.8 Å². The highest BCUT2D eigenvalue weighted by Gasteiger charge is 2.50. The summed E-state index contributed by atoms with van der Waals surface area (Å²) in [6.07, 6.45) is 4.41. The van der Waals surface area contributed by atoms with Crippen LogP contribution in [0.1, 0.15) is 53.4 Å². The molecule has 0 aliphatic heterocycles. The third-order valence-electron chi connectivity index (χ3n) is 4.69. The second-order valence-corrected chi connectivity index (χ2v) is 7.05. The van der Waals surface area contributed by atoms with Crippen LogP contribution in [0.2, 0.25) is 0 Å². The zero-order valence-corrected chi connectivity index (χ0v) is 13.1. The molecule has 2 atom stereocenters. The van der Waals surface area contributed by atoms with Crippen molar-refractivity contribution < 1.29 is 9.59 Å². The molecule has 3 fully saturated rings. The van der Waals surface area contributed by atoms with Gasteiger partial charge in [-0.15, -0.1) is 0 Å². The molecule has 4 nitrogen and oxygen atoms in total. The summed E-state index contributed by atoms with van der Waals surface area (Å²) in [5.41, 5.74) is 0. The summed E-state index contributed by atoms with van der Waals surface area (Å²) in [5.74, 6) is 0.701. The maximum absolute atomic E-state index is 12.5. The van der Waals surface area contributed by atoms with E-state index in [9.17, 15) is 9.59 Å². The molecule has 0 heterocycles. The second-order valence-electron chi connectivity index (χ2n) is 7.05. The van der Waals surface area contributed by atoms with Crippen LogP contribution >= 0.6 is 0 Å². The van der Waals surface area contributed by atoms with Crippen molar-refractivity contribution in [3.63, 3.8) is 0 Å². The Labute approximate surface area is 122 Å². The van der Waals surface area contributed by atoms with Gasteiger partial charge in [0.25, 0.3) is 0 Å². The van der Waals surface area contributed by atoms with Gasteiger partial charge in [0.2, 0.25) is 11.8 Å². The molecule has 114 valence electrons. The molecule has 3 aliphatic carbocycles. The van der Waals surface area contributed by atoms with Crippen LogP contribution in [0, 0.1) is 23.7 Å². The Bertz CT molecular complexity index is 335. The first-order valence-corrected chi connectivity index (χ1v) is 8.01. The standard InChI is InChI=1S/C16H28N2O2/c1-9(2)17-15(19)13-11-5-7-12(8-6-11)14(13)16(20)18-10(3)4/h9-14H,5-8H2,1-4H3,(H,17,19)(H,18,20). The third kappa shape index (κ3) is 3.15.